The van der Waals surface area contributed by atoms with Crippen LogP contribution in [0, 0.1) is 13.8 Å². The fourth-order valence-electron chi connectivity index (χ4n) is 2.72. The third-order valence-corrected chi connectivity index (χ3v) is 3.96. The van der Waals surface area contributed by atoms with E-state index in [1.807, 2.05) is 32.0 Å². The molecule has 2 heteroatoms. The van der Waals surface area contributed by atoms with Crippen LogP contribution in [0.3, 0.4) is 0 Å². The smallest absolute Gasteiger partial charge is 0.116 e. The molecule has 2 nitrogen and oxygen atoms in total. The van der Waals surface area contributed by atoms with Crippen molar-refractivity contribution in [3.63, 3.8) is 0 Å². The maximum atomic E-state index is 9.13. The summed E-state index contributed by atoms with van der Waals surface area (Å²) >= 11 is 0. The lowest BCUT2D eigenvalue weighted by molar-refractivity contribution is 0.474. The summed E-state index contributed by atoms with van der Waals surface area (Å²) in [5.41, 5.74) is 3.54. The summed E-state index contributed by atoms with van der Waals surface area (Å²) in [6.45, 7) is 6.18. The molecule has 2 N–H and O–H groups in total. The van der Waals surface area contributed by atoms with Gasteiger partial charge in [0.1, 0.15) is 11.5 Å². The van der Waals surface area contributed by atoms with Crippen LogP contribution < -0.4 is 0 Å². The zero-order chi connectivity index (χ0) is 17.8. The number of rotatable bonds is 7. The number of hydrogen-bond donors (Lipinski definition) is 2. The van der Waals surface area contributed by atoms with Crippen LogP contribution >= 0.6 is 0 Å². The molecule has 2 aromatic rings. The first kappa shape index (κ1) is 20.1. The number of benzene rings is 2. The van der Waals surface area contributed by atoms with Crippen LogP contribution in [-0.2, 0) is 6.42 Å². The van der Waals surface area contributed by atoms with Crippen LogP contribution in [0.2, 0.25) is 0 Å². The molecule has 2 aromatic carbocycles. The Kier molecular flexibility index (Phi) is 9.67. The summed E-state index contributed by atoms with van der Waals surface area (Å²) in [5, 5.41) is 18.1. The molecule has 0 fully saturated rings. The highest BCUT2D eigenvalue weighted by atomic mass is 16.3. The minimum atomic E-state index is 0.354. The van der Waals surface area contributed by atoms with Gasteiger partial charge in [0.05, 0.1) is 0 Å². The van der Waals surface area contributed by atoms with Gasteiger partial charge in [-0.25, -0.2) is 0 Å². The van der Waals surface area contributed by atoms with Gasteiger partial charge in [-0.2, -0.15) is 0 Å². The average Bonchev–Trinajstić information content (AvgIpc) is 2.52. The van der Waals surface area contributed by atoms with Gasteiger partial charge in [-0.1, -0.05) is 57.2 Å². The Morgan fingerprint density at radius 3 is 1.75 bits per heavy atom. The van der Waals surface area contributed by atoms with Crippen molar-refractivity contribution in [1.29, 1.82) is 0 Å². The number of phenols is 2. The summed E-state index contributed by atoms with van der Waals surface area (Å²) in [5.74, 6) is 0.717. The molecule has 0 radical (unpaired) electrons. The Morgan fingerprint density at radius 1 is 0.667 bits per heavy atom. The second-order valence-corrected chi connectivity index (χ2v) is 6.53. The third-order valence-electron chi connectivity index (χ3n) is 3.96. The summed E-state index contributed by atoms with van der Waals surface area (Å²) in [4.78, 5) is 0. The van der Waals surface area contributed by atoms with Crippen molar-refractivity contribution in [3.8, 4) is 11.5 Å². The van der Waals surface area contributed by atoms with Gasteiger partial charge in [-0.3, -0.25) is 0 Å². The molecule has 2 rings (SSSR count). The van der Waals surface area contributed by atoms with Crippen LogP contribution in [0.15, 0.2) is 42.5 Å². The maximum absolute atomic E-state index is 9.13. The highest BCUT2D eigenvalue weighted by Gasteiger charge is 1.94. The predicted molar refractivity (Wildman–Crippen MR) is 103 cm³/mol. The molecular formula is C22H32O2. The fourth-order valence-corrected chi connectivity index (χ4v) is 2.72. The summed E-state index contributed by atoms with van der Waals surface area (Å²) < 4.78 is 0. The fraction of sp³-hybridized carbons (Fsp3) is 0.455. The Labute approximate surface area is 147 Å². The molecule has 0 unspecified atom stereocenters. The van der Waals surface area contributed by atoms with Crippen molar-refractivity contribution in [2.75, 3.05) is 0 Å². The van der Waals surface area contributed by atoms with Gasteiger partial charge in [-0.15, -0.1) is 0 Å². The van der Waals surface area contributed by atoms with Crippen LogP contribution in [0.5, 0.6) is 11.5 Å². The number of hydrogen-bond acceptors (Lipinski definition) is 2. The van der Waals surface area contributed by atoms with E-state index in [0.717, 1.165) is 17.5 Å². The van der Waals surface area contributed by atoms with E-state index >= 15 is 0 Å². The van der Waals surface area contributed by atoms with Gasteiger partial charge in [-0.05, 0) is 67.6 Å². The van der Waals surface area contributed by atoms with E-state index in [1.54, 1.807) is 24.3 Å². The summed E-state index contributed by atoms with van der Waals surface area (Å²) in [7, 11) is 0. The maximum Gasteiger partial charge on any atom is 0.116 e. The minimum Gasteiger partial charge on any atom is -0.508 e. The van der Waals surface area contributed by atoms with Crippen molar-refractivity contribution in [1.82, 2.24) is 0 Å². The normalized spacial score (nSPS) is 10.1. The molecule has 0 bridgehead atoms. The molecule has 0 aliphatic carbocycles. The lowest BCUT2D eigenvalue weighted by atomic mass is 10.1. The zero-order valence-corrected chi connectivity index (χ0v) is 15.4. The first-order chi connectivity index (χ1) is 11.5. The van der Waals surface area contributed by atoms with Crippen LogP contribution in [0.4, 0.5) is 0 Å². The molecule has 132 valence electrons. The topological polar surface area (TPSA) is 40.5 Å². The van der Waals surface area contributed by atoms with E-state index in [0.29, 0.717) is 11.5 Å². The van der Waals surface area contributed by atoms with Gasteiger partial charge >= 0.3 is 0 Å². The molecule has 0 aliphatic rings. The number of aromatic hydroxyl groups is 2. The molecule has 0 atom stereocenters. The van der Waals surface area contributed by atoms with Crippen molar-refractivity contribution in [3.05, 3.63) is 59.2 Å². The molecule has 0 aliphatic heterocycles. The largest absolute Gasteiger partial charge is 0.508 e. The number of unbranched alkanes of at least 4 members (excludes halogenated alkanes) is 5. The van der Waals surface area contributed by atoms with E-state index in [2.05, 4.69) is 6.92 Å². The molecule has 0 aromatic heterocycles. The Hall–Kier alpha value is -1.96. The van der Waals surface area contributed by atoms with Crippen LogP contribution in [0.25, 0.3) is 0 Å². The van der Waals surface area contributed by atoms with Crippen LogP contribution in [-0.4, -0.2) is 10.2 Å². The molecule has 24 heavy (non-hydrogen) atoms. The van der Waals surface area contributed by atoms with Gasteiger partial charge in [0.15, 0.2) is 0 Å². The molecule has 0 heterocycles. The van der Waals surface area contributed by atoms with Gasteiger partial charge in [0.25, 0.3) is 0 Å². The summed E-state index contributed by atoms with van der Waals surface area (Å²) in [6, 6.07) is 13.1. The van der Waals surface area contributed by atoms with E-state index < -0.39 is 0 Å². The summed E-state index contributed by atoms with van der Waals surface area (Å²) in [6.07, 6.45) is 9.19. The van der Waals surface area contributed by atoms with E-state index in [4.69, 9.17) is 10.2 Å². The molecule has 0 spiro atoms. The SMILES string of the molecule is CCCCCCCCc1ccc(O)cc1.Cc1cc(C)cc(O)c1. The highest BCUT2D eigenvalue weighted by molar-refractivity contribution is 5.31. The van der Waals surface area contributed by atoms with Crippen LogP contribution in [0.1, 0.15) is 62.1 Å². The Morgan fingerprint density at radius 2 is 1.21 bits per heavy atom. The second-order valence-electron chi connectivity index (χ2n) is 6.53. The highest BCUT2D eigenvalue weighted by Crippen LogP contribution is 2.14. The molecule has 0 saturated carbocycles. The standard InChI is InChI=1S/C14H22O.C8H10O/c1-2-3-4-5-6-7-8-13-9-11-14(15)12-10-13;1-6-3-7(2)5-8(9)4-6/h9-12,15H,2-8H2,1H3;3-5,9H,1-2H3. The lowest BCUT2D eigenvalue weighted by Gasteiger charge is -2.02. The minimum absolute atomic E-state index is 0.354. The predicted octanol–water partition coefficient (Wildman–Crippen LogP) is 6.30. The second kappa shape index (κ2) is 11.6. The van der Waals surface area contributed by atoms with Crippen molar-refractivity contribution in [2.24, 2.45) is 0 Å². The molecule has 0 saturated heterocycles. The first-order valence-electron chi connectivity index (χ1n) is 9.06. The van der Waals surface area contributed by atoms with Crippen molar-refractivity contribution < 1.29 is 10.2 Å². The average molecular weight is 328 g/mol. The van der Waals surface area contributed by atoms with Gasteiger partial charge < -0.3 is 10.2 Å². The molecular weight excluding hydrogens is 296 g/mol. The van der Waals surface area contributed by atoms with Gasteiger partial charge in [0.2, 0.25) is 0 Å². The zero-order valence-electron chi connectivity index (χ0n) is 15.4. The third kappa shape index (κ3) is 9.24. The quantitative estimate of drug-likeness (QED) is 0.585. The van der Waals surface area contributed by atoms with Crippen molar-refractivity contribution >= 4 is 0 Å². The van der Waals surface area contributed by atoms with Crippen molar-refractivity contribution in [2.45, 2.75) is 65.7 Å². The van der Waals surface area contributed by atoms with E-state index in [1.165, 1.54) is 44.1 Å². The lowest BCUT2D eigenvalue weighted by Crippen LogP contribution is -1.85. The monoisotopic (exact) mass is 328 g/mol. The number of aryl methyl sites for hydroxylation is 3. The Bertz CT molecular complexity index is 523. The van der Waals surface area contributed by atoms with Gasteiger partial charge in [0, 0.05) is 0 Å². The van der Waals surface area contributed by atoms with E-state index in [9.17, 15) is 0 Å². The molecule has 0 amide bonds. The number of phenolic OH excluding ortho intramolecular Hbond substituents is 2. The first-order valence-corrected chi connectivity index (χ1v) is 9.06. The Balaban J connectivity index is 0.000000272. The van der Waals surface area contributed by atoms with E-state index in [-0.39, 0.29) is 0 Å².